The summed E-state index contributed by atoms with van der Waals surface area (Å²) in [5.41, 5.74) is 1.34. The molecule has 3 aromatic rings. The number of fused-ring (bicyclic) bond motifs is 1. The van der Waals surface area contributed by atoms with E-state index in [9.17, 15) is 9.18 Å². The van der Waals surface area contributed by atoms with Crippen LogP contribution in [0.4, 0.5) is 15.9 Å². The number of hydrogen-bond donors (Lipinski definition) is 1. The summed E-state index contributed by atoms with van der Waals surface area (Å²) in [5.74, 6) is 0.714. The van der Waals surface area contributed by atoms with Gasteiger partial charge in [0.15, 0.2) is 0 Å². The van der Waals surface area contributed by atoms with Crippen LogP contribution in [0.2, 0.25) is 0 Å². The fraction of sp³-hybridized carbons (Fsp3) is 0.407. The van der Waals surface area contributed by atoms with E-state index in [1.54, 1.807) is 6.07 Å². The quantitative estimate of drug-likeness (QED) is 0.563. The van der Waals surface area contributed by atoms with Crippen molar-refractivity contribution in [2.45, 2.75) is 44.6 Å². The Morgan fingerprint density at radius 3 is 2.39 bits per heavy atom. The summed E-state index contributed by atoms with van der Waals surface area (Å²) in [5, 5.41) is 5.32. The zero-order chi connectivity index (χ0) is 22.6. The molecular weight excluding hydrogens is 415 g/mol. The van der Waals surface area contributed by atoms with Crippen LogP contribution in [0, 0.1) is 5.82 Å². The van der Waals surface area contributed by atoms with E-state index in [0.29, 0.717) is 11.3 Å². The lowest BCUT2D eigenvalue weighted by Crippen LogP contribution is -2.47. The molecule has 5 rings (SSSR count). The van der Waals surface area contributed by atoms with Crippen LogP contribution in [-0.4, -0.2) is 43.1 Å². The zero-order valence-electron chi connectivity index (χ0n) is 19.0. The van der Waals surface area contributed by atoms with E-state index < -0.39 is 0 Å². The first-order valence-electron chi connectivity index (χ1n) is 12.1. The van der Waals surface area contributed by atoms with Gasteiger partial charge in [0.2, 0.25) is 0 Å². The molecule has 5 nitrogen and oxygen atoms in total. The van der Waals surface area contributed by atoms with E-state index in [0.717, 1.165) is 55.6 Å². The number of rotatable bonds is 4. The molecule has 0 radical (unpaired) electrons. The number of hydrogen-bond acceptors (Lipinski definition) is 4. The van der Waals surface area contributed by atoms with Gasteiger partial charge in [-0.15, -0.1) is 0 Å². The highest BCUT2D eigenvalue weighted by molar-refractivity contribution is 6.01. The van der Waals surface area contributed by atoms with Gasteiger partial charge in [0.25, 0.3) is 5.91 Å². The highest BCUT2D eigenvalue weighted by atomic mass is 19.1. The molecular formula is C27H31FN4O. The maximum Gasteiger partial charge on any atom is 0.251 e. The highest BCUT2D eigenvalue weighted by Gasteiger charge is 2.22. The Balaban J connectivity index is 1.33. The third-order valence-electron chi connectivity index (χ3n) is 6.97. The van der Waals surface area contributed by atoms with Gasteiger partial charge in [-0.05, 0) is 48.6 Å². The molecule has 1 N–H and O–H groups in total. The van der Waals surface area contributed by atoms with E-state index >= 15 is 0 Å². The lowest BCUT2D eigenvalue weighted by Gasteiger charge is -2.37. The minimum atomic E-state index is -0.182. The third kappa shape index (κ3) is 4.80. The number of para-hydroxylation sites is 1. The Hall–Kier alpha value is -3.15. The number of nitrogens with zero attached hydrogens (tertiary/aromatic N) is 3. The SMILES string of the molecule is O=C(NC1CCCCCC1)c1ccc2ccnc(N3CCN(c4ccccc4F)CC3)c2c1. The van der Waals surface area contributed by atoms with E-state index in [1.165, 1.54) is 31.7 Å². The van der Waals surface area contributed by atoms with Crippen molar-refractivity contribution in [2.75, 3.05) is 36.0 Å². The first kappa shape index (κ1) is 21.7. The molecule has 2 heterocycles. The van der Waals surface area contributed by atoms with Crippen LogP contribution in [0.5, 0.6) is 0 Å². The molecule has 1 saturated heterocycles. The number of nitrogens with one attached hydrogen (secondary N) is 1. The van der Waals surface area contributed by atoms with Crippen molar-refractivity contribution < 1.29 is 9.18 Å². The monoisotopic (exact) mass is 446 g/mol. The average Bonchev–Trinajstić information content (AvgIpc) is 3.12. The second kappa shape index (κ2) is 9.77. The van der Waals surface area contributed by atoms with Crippen molar-refractivity contribution in [3.05, 3.63) is 66.1 Å². The van der Waals surface area contributed by atoms with E-state index in [4.69, 9.17) is 0 Å². The molecule has 0 unspecified atom stereocenters. The van der Waals surface area contributed by atoms with Gasteiger partial charge in [-0.2, -0.15) is 0 Å². The van der Waals surface area contributed by atoms with Crippen molar-refractivity contribution >= 4 is 28.2 Å². The molecule has 172 valence electrons. The van der Waals surface area contributed by atoms with E-state index in [-0.39, 0.29) is 17.8 Å². The van der Waals surface area contributed by atoms with E-state index in [1.807, 2.05) is 42.6 Å². The molecule has 2 aliphatic rings. The topological polar surface area (TPSA) is 48.5 Å². The fourth-order valence-corrected chi connectivity index (χ4v) is 5.11. The number of piperazine rings is 1. The molecule has 1 aromatic heterocycles. The van der Waals surface area contributed by atoms with Crippen LogP contribution < -0.4 is 15.1 Å². The van der Waals surface area contributed by atoms with Crippen molar-refractivity contribution in [2.24, 2.45) is 0 Å². The van der Waals surface area contributed by atoms with Crippen LogP contribution >= 0.6 is 0 Å². The zero-order valence-corrected chi connectivity index (χ0v) is 19.0. The summed E-state index contributed by atoms with van der Waals surface area (Å²) in [7, 11) is 0. The summed E-state index contributed by atoms with van der Waals surface area (Å²) >= 11 is 0. The van der Waals surface area contributed by atoms with Crippen molar-refractivity contribution in [3.8, 4) is 0 Å². The number of pyridine rings is 1. The second-order valence-corrected chi connectivity index (χ2v) is 9.16. The van der Waals surface area contributed by atoms with Gasteiger partial charge >= 0.3 is 0 Å². The summed E-state index contributed by atoms with van der Waals surface area (Å²) in [6, 6.07) is 15.1. The summed E-state index contributed by atoms with van der Waals surface area (Å²) in [4.78, 5) is 22.0. The Bertz CT molecular complexity index is 1120. The molecule has 1 saturated carbocycles. The van der Waals surface area contributed by atoms with Crippen molar-refractivity contribution in [1.82, 2.24) is 10.3 Å². The number of anilines is 2. The van der Waals surface area contributed by atoms with Gasteiger partial charge in [-0.1, -0.05) is 43.9 Å². The summed E-state index contributed by atoms with van der Waals surface area (Å²) < 4.78 is 14.2. The van der Waals surface area contributed by atoms with Crippen molar-refractivity contribution in [1.29, 1.82) is 0 Å². The van der Waals surface area contributed by atoms with E-state index in [2.05, 4.69) is 20.1 Å². The number of carbonyl (C=O) groups is 1. The molecule has 2 aromatic carbocycles. The normalized spacial score (nSPS) is 17.7. The molecule has 1 aliphatic heterocycles. The van der Waals surface area contributed by atoms with Gasteiger partial charge < -0.3 is 15.1 Å². The van der Waals surface area contributed by atoms with Gasteiger partial charge in [-0.3, -0.25) is 4.79 Å². The first-order chi connectivity index (χ1) is 16.2. The standard InChI is InChI=1S/C27H31FN4O/c28-24-9-5-6-10-25(24)31-15-17-32(18-16-31)26-23-19-21(12-11-20(23)13-14-29-26)27(33)30-22-7-3-1-2-4-8-22/h5-6,9-14,19,22H,1-4,7-8,15-18H2,(H,30,33). The Labute approximate surface area is 194 Å². The molecule has 0 bridgehead atoms. The summed E-state index contributed by atoms with van der Waals surface area (Å²) in [6.07, 6.45) is 8.87. The van der Waals surface area contributed by atoms with Crippen LogP contribution in [0.15, 0.2) is 54.7 Å². The minimum Gasteiger partial charge on any atom is -0.366 e. The lowest BCUT2D eigenvalue weighted by atomic mass is 10.1. The molecule has 1 aliphatic carbocycles. The van der Waals surface area contributed by atoms with Crippen LogP contribution in [0.25, 0.3) is 10.8 Å². The van der Waals surface area contributed by atoms with Crippen molar-refractivity contribution in [3.63, 3.8) is 0 Å². The number of benzene rings is 2. The predicted molar refractivity (Wildman–Crippen MR) is 132 cm³/mol. The largest absolute Gasteiger partial charge is 0.366 e. The first-order valence-corrected chi connectivity index (χ1v) is 12.1. The molecule has 2 fully saturated rings. The molecule has 1 amide bonds. The lowest BCUT2D eigenvalue weighted by molar-refractivity contribution is 0.0933. The summed E-state index contributed by atoms with van der Waals surface area (Å²) in [6.45, 7) is 2.94. The Morgan fingerprint density at radius 2 is 1.64 bits per heavy atom. The van der Waals surface area contributed by atoms with Gasteiger partial charge in [0.1, 0.15) is 11.6 Å². The number of carbonyl (C=O) groups excluding carboxylic acids is 1. The third-order valence-corrected chi connectivity index (χ3v) is 6.97. The van der Waals surface area contributed by atoms with Gasteiger partial charge in [0, 0.05) is 49.4 Å². The smallest absolute Gasteiger partial charge is 0.251 e. The maximum absolute atomic E-state index is 14.2. The Morgan fingerprint density at radius 1 is 0.909 bits per heavy atom. The fourth-order valence-electron chi connectivity index (χ4n) is 5.11. The number of aromatic nitrogens is 1. The van der Waals surface area contributed by atoms with Crippen LogP contribution in [0.1, 0.15) is 48.9 Å². The molecule has 0 atom stereocenters. The maximum atomic E-state index is 14.2. The van der Waals surface area contributed by atoms with Gasteiger partial charge in [-0.25, -0.2) is 9.37 Å². The minimum absolute atomic E-state index is 0.00275. The average molecular weight is 447 g/mol. The van der Waals surface area contributed by atoms with Crippen LogP contribution in [0.3, 0.4) is 0 Å². The Kier molecular flexibility index (Phi) is 6.42. The van der Waals surface area contributed by atoms with Crippen LogP contribution in [-0.2, 0) is 0 Å². The second-order valence-electron chi connectivity index (χ2n) is 9.16. The predicted octanol–water partition coefficient (Wildman–Crippen LogP) is 5.15. The molecule has 0 spiro atoms. The highest BCUT2D eigenvalue weighted by Crippen LogP contribution is 2.28. The number of halogens is 1. The molecule has 6 heteroatoms. The molecule has 33 heavy (non-hydrogen) atoms. The van der Waals surface area contributed by atoms with Gasteiger partial charge in [0.05, 0.1) is 5.69 Å². The number of amides is 1.